The fourth-order valence-electron chi connectivity index (χ4n) is 2.39. The molecule has 1 aliphatic heterocycles. The predicted molar refractivity (Wildman–Crippen MR) is 76.4 cm³/mol. The number of nitrogens with zero attached hydrogens (tertiary/aromatic N) is 1. The highest BCUT2D eigenvalue weighted by Crippen LogP contribution is 2.44. The van der Waals surface area contributed by atoms with Gasteiger partial charge in [-0.15, -0.1) is 0 Å². The number of H-pyrrole nitrogens is 1. The van der Waals surface area contributed by atoms with Crippen molar-refractivity contribution in [2.45, 2.75) is 13.3 Å². The lowest BCUT2D eigenvalue weighted by Gasteiger charge is -2.23. The van der Waals surface area contributed by atoms with Gasteiger partial charge in [0.15, 0.2) is 11.5 Å². The van der Waals surface area contributed by atoms with Gasteiger partial charge in [-0.25, -0.2) is 4.79 Å². The molecule has 1 aliphatic rings. The van der Waals surface area contributed by atoms with Crippen LogP contribution in [0, 0.1) is 0 Å². The van der Waals surface area contributed by atoms with Crippen molar-refractivity contribution in [1.82, 2.24) is 10.2 Å². The number of carbonyl (C=O) groups is 1. The average molecular weight is 309 g/mol. The number of benzene rings is 1. The van der Waals surface area contributed by atoms with E-state index in [0.717, 1.165) is 5.56 Å². The van der Waals surface area contributed by atoms with E-state index >= 15 is 0 Å². The second-order valence-electron chi connectivity index (χ2n) is 4.56. The van der Waals surface area contributed by atoms with Crippen LogP contribution in [0.3, 0.4) is 0 Å². The van der Waals surface area contributed by atoms with Crippen LogP contribution in [0.5, 0.6) is 11.5 Å². The zero-order valence-corrected chi connectivity index (χ0v) is 12.0. The molecule has 0 bridgehead atoms. The van der Waals surface area contributed by atoms with Crippen molar-refractivity contribution in [3.05, 3.63) is 28.4 Å². The van der Waals surface area contributed by atoms with Crippen LogP contribution in [-0.4, -0.2) is 34.5 Å². The van der Waals surface area contributed by atoms with Crippen molar-refractivity contribution < 1.29 is 19.4 Å². The van der Waals surface area contributed by atoms with Gasteiger partial charge >= 0.3 is 5.97 Å². The number of halogens is 1. The molecule has 110 valence electrons. The fraction of sp³-hybridized carbons (Fsp3) is 0.286. The number of hydrogen-bond acceptors (Lipinski definition) is 4. The van der Waals surface area contributed by atoms with Gasteiger partial charge in [0.05, 0.1) is 10.7 Å². The van der Waals surface area contributed by atoms with E-state index in [-0.39, 0.29) is 5.69 Å². The highest BCUT2D eigenvalue weighted by atomic mass is 35.5. The van der Waals surface area contributed by atoms with E-state index in [1.165, 1.54) is 6.07 Å². The Hall–Kier alpha value is -2.21. The zero-order chi connectivity index (χ0) is 15.0. The van der Waals surface area contributed by atoms with Crippen LogP contribution >= 0.6 is 11.6 Å². The topological polar surface area (TPSA) is 84.4 Å². The Kier molecular flexibility index (Phi) is 3.47. The molecule has 21 heavy (non-hydrogen) atoms. The molecule has 1 aromatic carbocycles. The molecule has 0 spiro atoms. The number of rotatable bonds is 3. The molecule has 0 radical (unpaired) electrons. The Morgan fingerprint density at radius 2 is 2.19 bits per heavy atom. The van der Waals surface area contributed by atoms with E-state index < -0.39 is 5.97 Å². The number of fused-ring (bicyclic) bond motifs is 1. The van der Waals surface area contributed by atoms with Crippen LogP contribution in [-0.2, 0) is 6.42 Å². The van der Waals surface area contributed by atoms with E-state index in [1.54, 1.807) is 6.07 Å². The monoisotopic (exact) mass is 308 g/mol. The van der Waals surface area contributed by atoms with E-state index in [4.69, 9.17) is 26.2 Å². The molecule has 0 fully saturated rings. The maximum atomic E-state index is 11.0. The Labute approximate surface area is 125 Å². The van der Waals surface area contributed by atoms with Crippen LogP contribution in [0.4, 0.5) is 0 Å². The van der Waals surface area contributed by atoms with Crippen LogP contribution in [0.15, 0.2) is 12.1 Å². The lowest BCUT2D eigenvalue weighted by molar-refractivity contribution is 0.0690. The Balaban J connectivity index is 2.18. The smallest absolute Gasteiger partial charge is 0.353 e. The first-order chi connectivity index (χ1) is 10.1. The molecule has 7 heteroatoms. The molecular weight excluding hydrogens is 296 g/mol. The summed E-state index contributed by atoms with van der Waals surface area (Å²) >= 11 is 6.33. The van der Waals surface area contributed by atoms with Gasteiger partial charge in [0, 0.05) is 17.2 Å². The standard InChI is InChI=1S/C14H13ClN2O4/c1-2-7-12(9-6-10(14(18)19)17-16-9)8(15)5-11-13(7)21-4-3-20-11/h5-6H,2-4H2,1H3,(H,16,17)(H,18,19). The summed E-state index contributed by atoms with van der Waals surface area (Å²) in [5.74, 6) is 0.198. The Morgan fingerprint density at radius 3 is 2.86 bits per heavy atom. The summed E-state index contributed by atoms with van der Waals surface area (Å²) in [5.41, 5.74) is 2.03. The first kappa shape index (κ1) is 13.8. The third-order valence-electron chi connectivity index (χ3n) is 3.30. The number of carboxylic acid groups (broad SMARTS) is 1. The Bertz CT molecular complexity index is 711. The first-order valence-corrected chi connectivity index (χ1v) is 6.89. The molecule has 3 rings (SSSR count). The Morgan fingerprint density at radius 1 is 1.43 bits per heavy atom. The van der Waals surface area contributed by atoms with Gasteiger partial charge in [-0.05, 0) is 12.5 Å². The molecule has 2 N–H and O–H groups in total. The second kappa shape index (κ2) is 5.29. The normalized spacial score (nSPS) is 13.2. The molecule has 0 saturated heterocycles. The molecule has 0 atom stereocenters. The molecule has 0 saturated carbocycles. The quantitative estimate of drug-likeness (QED) is 0.910. The molecule has 0 unspecified atom stereocenters. The largest absolute Gasteiger partial charge is 0.486 e. The minimum Gasteiger partial charge on any atom is -0.486 e. The van der Waals surface area contributed by atoms with Crippen molar-refractivity contribution in [3.8, 4) is 22.8 Å². The number of aromatic amines is 1. The summed E-state index contributed by atoms with van der Waals surface area (Å²) in [4.78, 5) is 11.0. The van der Waals surface area contributed by atoms with Crippen molar-refractivity contribution in [2.24, 2.45) is 0 Å². The minimum absolute atomic E-state index is 0.0120. The van der Waals surface area contributed by atoms with Crippen LogP contribution in [0.2, 0.25) is 5.02 Å². The first-order valence-electron chi connectivity index (χ1n) is 6.51. The third kappa shape index (κ3) is 2.31. The van der Waals surface area contributed by atoms with Crippen LogP contribution in [0.25, 0.3) is 11.3 Å². The van der Waals surface area contributed by atoms with E-state index in [2.05, 4.69) is 10.2 Å². The van der Waals surface area contributed by atoms with Crippen LogP contribution in [0.1, 0.15) is 23.0 Å². The van der Waals surface area contributed by atoms with Gasteiger partial charge < -0.3 is 14.6 Å². The van der Waals surface area contributed by atoms with Gasteiger partial charge in [0.25, 0.3) is 0 Å². The SMILES string of the molecule is CCc1c2c(cc(Cl)c1-c1cc(C(=O)O)[nH]n1)OCCO2. The maximum Gasteiger partial charge on any atom is 0.353 e. The van der Waals surface area contributed by atoms with Crippen molar-refractivity contribution in [2.75, 3.05) is 13.2 Å². The summed E-state index contributed by atoms with van der Waals surface area (Å²) in [6, 6.07) is 3.14. The van der Waals surface area contributed by atoms with Gasteiger partial charge in [-0.2, -0.15) is 5.10 Å². The van der Waals surface area contributed by atoms with Crippen molar-refractivity contribution >= 4 is 17.6 Å². The lowest BCUT2D eigenvalue weighted by Crippen LogP contribution is -2.17. The summed E-state index contributed by atoms with van der Waals surface area (Å²) in [6.45, 7) is 2.93. The zero-order valence-electron chi connectivity index (χ0n) is 11.3. The molecular formula is C14H13ClN2O4. The van der Waals surface area contributed by atoms with E-state index in [9.17, 15) is 4.79 Å². The number of aromatic nitrogens is 2. The van der Waals surface area contributed by atoms with E-state index in [0.29, 0.717) is 47.4 Å². The van der Waals surface area contributed by atoms with Gasteiger partial charge in [-0.1, -0.05) is 18.5 Å². The predicted octanol–water partition coefficient (Wildman–Crippen LogP) is 2.76. The highest BCUT2D eigenvalue weighted by molar-refractivity contribution is 6.33. The minimum atomic E-state index is -1.07. The summed E-state index contributed by atoms with van der Waals surface area (Å²) in [5, 5.41) is 16.0. The second-order valence-corrected chi connectivity index (χ2v) is 4.97. The lowest BCUT2D eigenvalue weighted by atomic mass is 10.00. The number of aromatic carboxylic acids is 1. The molecule has 2 heterocycles. The molecule has 0 aliphatic carbocycles. The fourth-order valence-corrected chi connectivity index (χ4v) is 2.70. The molecule has 2 aromatic rings. The number of ether oxygens (including phenoxy) is 2. The molecule has 1 aromatic heterocycles. The maximum absolute atomic E-state index is 11.0. The third-order valence-corrected chi connectivity index (χ3v) is 3.60. The molecule has 6 nitrogen and oxygen atoms in total. The van der Waals surface area contributed by atoms with Gasteiger partial charge in [-0.3, -0.25) is 5.10 Å². The van der Waals surface area contributed by atoms with Crippen molar-refractivity contribution in [3.63, 3.8) is 0 Å². The van der Waals surface area contributed by atoms with Crippen LogP contribution < -0.4 is 9.47 Å². The van der Waals surface area contributed by atoms with Gasteiger partial charge in [0.1, 0.15) is 18.9 Å². The number of hydrogen-bond donors (Lipinski definition) is 2. The summed E-state index contributed by atoms with van der Waals surface area (Å²) in [7, 11) is 0. The molecule has 0 amide bonds. The van der Waals surface area contributed by atoms with Crippen molar-refractivity contribution in [1.29, 1.82) is 0 Å². The number of nitrogens with one attached hydrogen (secondary N) is 1. The number of carboxylic acids is 1. The summed E-state index contributed by atoms with van der Waals surface area (Å²) in [6.07, 6.45) is 0.664. The van der Waals surface area contributed by atoms with Gasteiger partial charge in [0.2, 0.25) is 0 Å². The average Bonchev–Trinajstić information content (AvgIpc) is 2.95. The highest BCUT2D eigenvalue weighted by Gasteiger charge is 2.24. The summed E-state index contributed by atoms with van der Waals surface area (Å²) < 4.78 is 11.2. The van der Waals surface area contributed by atoms with E-state index in [1.807, 2.05) is 6.92 Å².